The lowest BCUT2D eigenvalue weighted by Crippen LogP contribution is -2.32. The van der Waals surface area contributed by atoms with E-state index in [1.54, 1.807) is 35.2 Å². The fourth-order valence-corrected chi connectivity index (χ4v) is 5.58. The second-order valence-corrected chi connectivity index (χ2v) is 10.1. The molecule has 0 bridgehead atoms. The maximum Gasteiger partial charge on any atom is 0.319 e. The molecule has 2 heterocycles. The molecular formula is C25H31FN4OS2. The number of nitrogens with zero attached hydrogens (tertiary/aromatic N) is 2. The third-order valence-corrected chi connectivity index (χ3v) is 7.66. The second-order valence-electron chi connectivity index (χ2n) is 8.26. The minimum Gasteiger partial charge on any atom is -0.369 e. The van der Waals surface area contributed by atoms with Crippen molar-refractivity contribution in [1.82, 2.24) is 10.2 Å². The van der Waals surface area contributed by atoms with Gasteiger partial charge in [0.15, 0.2) is 0 Å². The Labute approximate surface area is 203 Å². The van der Waals surface area contributed by atoms with Crippen molar-refractivity contribution < 1.29 is 9.18 Å². The summed E-state index contributed by atoms with van der Waals surface area (Å²) in [5.41, 5.74) is 2.04. The maximum absolute atomic E-state index is 13.5. The standard InChI is InChI=1S/C25H31FN4OS2/c1-32-21-8-6-20(7-9-21)28-25(31)27-11-2-3-12-29-13-4-14-30(16-15-29)23-18-33-24-17-19(26)5-10-22(23)24/h5-10,17-18H,2-4,11-16H2,1H3,(H2,27,28,31). The van der Waals surface area contributed by atoms with E-state index in [9.17, 15) is 9.18 Å². The number of benzene rings is 2. The summed E-state index contributed by atoms with van der Waals surface area (Å²) in [7, 11) is 0. The zero-order chi connectivity index (χ0) is 23.0. The fraction of sp³-hybridized carbons (Fsp3) is 0.400. The van der Waals surface area contributed by atoms with Crippen LogP contribution in [-0.4, -0.2) is 56.5 Å². The van der Waals surface area contributed by atoms with Crippen molar-refractivity contribution in [3.05, 3.63) is 53.7 Å². The number of thiophene rings is 1. The molecule has 2 N–H and O–H groups in total. The molecule has 2 aromatic carbocycles. The van der Waals surface area contributed by atoms with E-state index in [0.29, 0.717) is 6.54 Å². The van der Waals surface area contributed by atoms with Crippen LogP contribution in [0.25, 0.3) is 10.1 Å². The summed E-state index contributed by atoms with van der Waals surface area (Å²) in [5, 5.41) is 9.14. The van der Waals surface area contributed by atoms with Crippen LogP contribution < -0.4 is 15.5 Å². The molecule has 1 aliphatic heterocycles. The van der Waals surface area contributed by atoms with Gasteiger partial charge in [-0.05, 0) is 81.1 Å². The van der Waals surface area contributed by atoms with E-state index < -0.39 is 0 Å². The Kier molecular flexibility index (Phi) is 8.47. The summed E-state index contributed by atoms with van der Waals surface area (Å²) in [6.45, 7) is 5.85. The largest absolute Gasteiger partial charge is 0.369 e. The molecule has 2 amide bonds. The van der Waals surface area contributed by atoms with Gasteiger partial charge in [0.1, 0.15) is 5.82 Å². The van der Waals surface area contributed by atoms with Gasteiger partial charge in [-0.3, -0.25) is 0 Å². The molecule has 0 spiro atoms. The molecule has 5 nitrogen and oxygen atoms in total. The number of halogens is 1. The smallest absolute Gasteiger partial charge is 0.319 e. The molecular weight excluding hydrogens is 455 g/mol. The highest BCUT2D eigenvalue weighted by Gasteiger charge is 2.17. The summed E-state index contributed by atoms with van der Waals surface area (Å²) < 4.78 is 14.5. The van der Waals surface area contributed by atoms with Crippen LogP contribution in [0.4, 0.5) is 20.6 Å². The Morgan fingerprint density at radius 1 is 1.09 bits per heavy atom. The minimum absolute atomic E-state index is 0.153. The highest BCUT2D eigenvalue weighted by atomic mass is 32.2. The molecule has 0 aliphatic carbocycles. The molecule has 3 aromatic rings. The number of hydrogen-bond donors (Lipinski definition) is 2. The number of urea groups is 1. The highest BCUT2D eigenvalue weighted by Crippen LogP contribution is 2.34. The van der Waals surface area contributed by atoms with Gasteiger partial charge in [-0.1, -0.05) is 0 Å². The maximum atomic E-state index is 13.5. The molecule has 0 atom stereocenters. The van der Waals surface area contributed by atoms with E-state index in [0.717, 1.165) is 67.8 Å². The van der Waals surface area contributed by atoms with Gasteiger partial charge in [0, 0.05) is 52.2 Å². The third-order valence-electron chi connectivity index (χ3n) is 5.98. The quantitative estimate of drug-likeness (QED) is 0.309. The number of amides is 2. The topological polar surface area (TPSA) is 47.6 Å². The molecule has 33 heavy (non-hydrogen) atoms. The average molecular weight is 487 g/mol. The van der Waals surface area contributed by atoms with Crippen LogP contribution in [-0.2, 0) is 0 Å². The first kappa shape index (κ1) is 23.9. The van der Waals surface area contributed by atoms with Gasteiger partial charge in [-0.2, -0.15) is 0 Å². The van der Waals surface area contributed by atoms with Crippen LogP contribution >= 0.6 is 23.1 Å². The number of nitrogens with one attached hydrogen (secondary N) is 2. The number of rotatable bonds is 8. The van der Waals surface area contributed by atoms with E-state index >= 15 is 0 Å². The molecule has 1 aromatic heterocycles. The van der Waals surface area contributed by atoms with E-state index in [-0.39, 0.29) is 11.8 Å². The van der Waals surface area contributed by atoms with Crippen molar-refractivity contribution >= 4 is 50.6 Å². The molecule has 4 rings (SSSR count). The lowest BCUT2D eigenvalue weighted by Gasteiger charge is -2.23. The number of carbonyl (C=O) groups excluding carboxylic acids is 1. The Balaban J connectivity index is 1.15. The molecule has 1 aliphatic rings. The van der Waals surface area contributed by atoms with Crippen LogP contribution in [0, 0.1) is 5.82 Å². The number of thioether (sulfide) groups is 1. The average Bonchev–Trinajstić information content (AvgIpc) is 3.09. The second kappa shape index (κ2) is 11.7. The molecule has 0 saturated carbocycles. The summed E-state index contributed by atoms with van der Waals surface area (Å²) in [4.78, 5) is 18.2. The van der Waals surface area contributed by atoms with Gasteiger partial charge in [0.05, 0.1) is 5.69 Å². The van der Waals surface area contributed by atoms with Crippen molar-refractivity contribution in [2.24, 2.45) is 0 Å². The van der Waals surface area contributed by atoms with Crippen molar-refractivity contribution in [2.45, 2.75) is 24.2 Å². The first-order chi connectivity index (χ1) is 16.1. The van der Waals surface area contributed by atoms with Gasteiger partial charge in [0.2, 0.25) is 0 Å². The van der Waals surface area contributed by atoms with E-state index in [2.05, 4.69) is 25.8 Å². The first-order valence-electron chi connectivity index (χ1n) is 11.5. The SMILES string of the molecule is CSc1ccc(NC(=O)NCCCCN2CCCN(c3csc4cc(F)ccc34)CC2)cc1. The normalized spacial score (nSPS) is 14.9. The highest BCUT2D eigenvalue weighted by molar-refractivity contribution is 7.98. The van der Waals surface area contributed by atoms with Crippen molar-refractivity contribution in [3.63, 3.8) is 0 Å². The molecule has 1 fully saturated rings. The Morgan fingerprint density at radius 3 is 2.76 bits per heavy atom. The van der Waals surface area contributed by atoms with Gasteiger partial charge >= 0.3 is 6.03 Å². The lowest BCUT2D eigenvalue weighted by atomic mass is 10.2. The number of unbranched alkanes of at least 4 members (excludes halogenated alkanes) is 1. The van der Waals surface area contributed by atoms with Crippen LogP contribution in [0.5, 0.6) is 0 Å². The fourth-order valence-electron chi connectivity index (χ4n) is 4.18. The van der Waals surface area contributed by atoms with Gasteiger partial charge in [0.25, 0.3) is 0 Å². The van der Waals surface area contributed by atoms with E-state index in [1.807, 2.05) is 36.6 Å². The minimum atomic E-state index is -0.172. The Hall–Kier alpha value is -2.29. The van der Waals surface area contributed by atoms with Crippen molar-refractivity contribution in [3.8, 4) is 0 Å². The Morgan fingerprint density at radius 2 is 1.94 bits per heavy atom. The number of fused-ring (bicyclic) bond motifs is 1. The lowest BCUT2D eigenvalue weighted by molar-refractivity contribution is 0.251. The van der Waals surface area contributed by atoms with E-state index in [1.165, 1.54) is 10.6 Å². The monoisotopic (exact) mass is 486 g/mol. The molecule has 0 radical (unpaired) electrons. The molecule has 0 unspecified atom stereocenters. The number of anilines is 2. The summed E-state index contributed by atoms with van der Waals surface area (Å²) in [6.07, 6.45) is 5.17. The third kappa shape index (κ3) is 6.62. The predicted octanol–water partition coefficient (Wildman–Crippen LogP) is 5.88. The Bertz CT molecular complexity index is 1060. The van der Waals surface area contributed by atoms with E-state index in [4.69, 9.17) is 0 Å². The van der Waals surface area contributed by atoms with Crippen LogP contribution in [0.15, 0.2) is 52.7 Å². The molecule has 8 heteroatoms. The van der Waals surface area contributed by atoms with Gasteiger partial charge in [-0.25, -0.2) is 9.18 Å². The number of hydrogen-bond acceptors (Lipinski definition) is 5. The van der Waals surface area contributed by atoms with Crippen LogP contribution in [0.2, 0.25) is 0 Å². The van der Waals surface area contributed by atoms with Gasteiger partial charge < -0.3 is 20.4 Å². The summed E-state index contributed by atoms with van der Waals surface area (Å²) in [5.74, 6) is -0.172. The number of carbonyl (C=O) groups is 1. The first-order valence-corrected chi connectivity index (χ1v) is 13.6. The summed E-state index contributed by atoms with van der Waals surface area (Å²) in [6, 6.07) is 12.8. The van der Waals surface area contributed by atoms with Crippen molar-refractivity contribution in [2.75, 3.05) is 55.7 Å². The van der Waals surface area contributed by atoms with Gasteiger partial charge in [-0.15, -0.1) is 23.1 Å². The van der Waals surface area contributed by atoms with Crippen LogP contribution in [0.1, 0.15) is 19.3 Å². The zero-order valence-electron chi connectivity index (χ0n) is 19.0. The van der Waals surface area contributed by atoms with Crippen LogP contribution in [0.3, 0.4) is 0 Å². The molecule has 176 valence electrons. The summed E-state index contributed by atoms with van der Waals surface area (Å²) >= 11 is 3.30. The predicted molar refractivity (Wildman–Crippen MR) is 140 cm³/mol. The molecule has 1 saturated heterocycles. The zero-order valence-corrected chi connectivity index (χ0v) is 20.6. The van der Waals surface area contributed by atoms with Crippen molar-refractivity contribution in [1.29, 1.82) is 0 Å².